The fourth-order valence-corrected chi connectivity index (χ4v) is 2.10. The molecule has 8 heteroatoms. The summed E-state index contributed by atoms with van der Waals surface area (Å²) in [6.07, 6.45) is 1.03. The summed E-state index contributed by atoms with van der Waals surface area (Å²) in [7, 11) is -3.92. The molecule has 0 fully saturated rings. The average molecular weight is 304 g/mol. The zero-order valence-corrected chi connectivity index (χ0v) is 11.8. The van der Waals surface area contributed by atoms with E-state index in [0.717, 1.165) is 6.07 Å². The summed E-state index contributed by atoms with van der Waals surface area (Å²) in [6.45, 7) is 1.99. The highest BCUT2D eigenvalue weighted by Gasteiger charge is 2.12. The van der Waals surface area contributed by atoms with Crippen LogP contribution >= 0.6 is 0 Å². The summed E-state index contributed by atoms with van der Waals surface area (Å²) in [5.41, 5.74) is 0.153. The first-order valence-corrected chi connectivity index (χ1v) is 7.55. The number of nitrogens with one attached hydrogen (secondary N) is 1. The minimum absolute atomic E-state index is 0.153. The predicted molar refractivity (Wildman–Crippen MR) is 72.3 cm³/mol. The lowest BCUT2D eigenvalue weighted by Gasteiger charge is -2.10. The third-order valence-electron chi connectivity index (χ3n) is 2.82. The van der Waals surface area contributed by atoms with Crippen molar-refractivity contribution in [3.63, 3.8) is 0 Å². The SMILES string of the molecule is CC(CCCNc1ccc(S(N)(=O)=O)cc1F)C(=O)O. The molecule has 6 nitrogen and oxygen atoms in total. The number of rotatable bonds is 7. The molecule has 0 saturated heterocycles. The minimum Gasteiger partial charge on any atom is -0.481 e. The van der Waals surface area contributed by atoms with E-state index in [1.807, 2.05) is 0 Å². The molecule has 0 amide bonds. The van der Waals surface area contributed by atoms with Crippen LogP contribution in [-0.2, 0) is 14.8 Å². The molecular weight excluding hydrogens is 287 g/mol. The Morgan fingerprint density at radius 2 is 2.15 bits per heavy atom. The van der Waals surface area contributed by atoms with Gasteiger partial charge in [-0.2, -0.15) is 0 Å². The number of carbonyl (C=O) groups is 1. The van der Waals surface area contributed by atoms with Crippen LogP contribution in [0, 0.1) is 11.7 Å². The van der Waals surface area contributed by atoms with Crippen molar-refractivity contribution >= 4 is 21.7 Å². The molecule has 0 aliphatic carbocycles. The number of carboxylic acid groups (broad SMARTS) is 1. The van der Waals surface area contributed by atoms with Crippen molar-refractivity contribution in [1.29, 1.82) is 0 Å². The molecule has 0 heterocycles. The lowest BCUT2D eigenvalue weighted by atomic mass is 10.1. The molecule has 0 radical (unpaired) electrons. The number of carboxylic acids is 1. The zero-order valence-electron chi connectivity index (χ0n) is 11.0. The van der Waals surface area contributed by atoms with Gasteiger partial charge in [-0.25, -0.2) is 17.9 Å². The number of primary sulfonamides is 1. The van der Waals surface area contributed by atoms with Gasteiger partial charge in [0.1, 0.15) is 5.82 Å². The van der Waals surface area contributed by atoms with Crippen LogP contribution in [0.5, 0.6) is 0 Å². The maximum atomic E-state index is 13.6. The lowest BCUT2D eigenvalue weighted by Crippen LogP contribution is -2.13. The molecule has 1 atom stereocenters. The smallest absolute Gasteiger partial charge is 0.306 e. The summed E-state index contributed by atoms with van der Waals surface area (Å²) < 4.78 is 35.7. The number of aliphatic carboxylic acids is 1. The van der Waals surface area contributed by atoms with Gasteiger partial charge in [0.05, 0.1) is 16.5 Å². The highest BCUT2D eigenvalue weighted by Crippen LogP contribution is 2.18. The van der Waals surface area contributed by atoms with Gasteiger partial charge in [0, 0.05) is 6.54 Å². The van der Waals surface area contributed by atoms with Crippen molar-refractivity contribution in [2.75, 3.05) is 11.9 Å². The second kappa shape index (κ2) is 6.67. The Labute approximate surface area is 116 Å². The van der Waals surface area contributed by atoms with E-state index in [2.05, 4.69) is 5.32 Å². The second-order valence-electron chi connectivity index (χ2n) is 4.49. The Bertz CT molecular complexity index is 589. The third-order valence-corrected chi connectivity index (χ3v) is 3.73. The van der Waals surface area contributed by atoms with E-state index in [-0.39, 0.29) is 10.6 Å². The van der Waals surface area contributed by atoms with Crippen molar-refractivity contribution in [1.82, 2.24) is 0 Å². The maximum absolute atomic E-state index is 13.6. The van der Waals surface area contributed by atoms with Crippen molar-refractivity contribution in [3.05, 3.63) is 24.0 Å². The van der Waals surface area contributed by atoms with Crippen LogP contribution < -0.4 is 10.5 Å². The van der Waals surface area contributed by atoms with Crippen LogP contribution in [-0.4, -0.2) is 26.0 Å². The van der Waals surface area contributed by atoms with Gasteiger partial charge in [-0.1, -0.05) is 6.92 Å². The first-order valence-electron chi connectivity index (χ1n) is 6.01. The Kier molecular flexibility index (Phi) is 5.46. The Hall–Kier alpha value is -1.67. The second-order valence-corrected chi connectivity index (χ2v) is 6.06. The van der Waals surface area contributed by atoms with E-state index < -0.39 is 27.7 Å². The quantitative estimate of drug-likeness (QED) is 0.659. The van der Waals surface area contributed by atoms with Crippen molar-refractivity contribution in [3.8, 4) is 0 Å². The number of halogens is 1. The van der Waals surface area contributed by atoms with Crippen LogP contribution in [0.3, 0.4) is 0 Å². The van der Waals surface area contributed by atoms with Crippen LogP contribution in [0.15, 0.2) is 23.1 Å². The summed E-state index contributed by atoms with van der Waals surface area (Å²) in [5.74, 6) is -2.04. The molecule has 0 aliphatic rings. The summed E-state index contributed by atoms with van der Waals surface area (Å²) >= 11 is 0. The monoisotopic (exact) mass is 304 g/mol. The van der Waals surface area contributed by atoms with Gasteiger partial charge in [-0.3, -0.25) is 4.79 Å². The fourth-order valence-electron chi connectivity index (χ4n) is 1.57. The van der Waals surface area contributed by atoms with Gasteiger partial charge >= 0.3 is 5.97 Å². The van der Waals surface area contributed by atoms with Crippen molar-refractivity contribution in [2.24, 2.45) is 11.1 Å². The predicted octanol–water partition coefficient (Wildman–Crippen LogP) is 1.39. The van der Waals surface area contributed by atoms with E-state index in [4.69, 9.17) is 10.2 Å². The first-order chi connectivity index (χ1) is 9.21. The minimum atomic E-state index is -3.92. The number of hydrogen-bond acceptors (Lipinski definition) is 4. The highest BCUT2D eigenvalue weighted by atomic mass is 32.2. The Morgan fingerprint density at radius 1 is 1.50 bits per heavy atom. The molecule has 1 aromatic rings. The van der Waals surface area contributed by atoms with Gasteiger partial charge in [0.25, 0.3) is 0 Å². The van der Waals surface area contributed by atoms with Gasteiger partial charge in [0.15, 0.2) is 0 Å². The maximum Gasteiger partial charge on any atom is 0.306 e. The topological polar surface area (TPSA) is 109 Å². The van der Waals surface area contributed by atoms with Gasteiger partial charge in [-0.15, -0.1) is 0 Å². The zero-order chi connectivity index (χ0) is 15.3. The van der Waals surface area contributed by atoms with Gasteiger partial charge in [0.2, 0.25) is 10.0 Å². The molecule has 0 bridgehead atoms. The van der Waals surface area contributed by atoms with Crippen molar-refractivity contribution < 1.29 is 22.7 Å². The van der Waals surface area contributed by atoms with Crippen molar-refractivity contribution in [2.45, 2.75) is 24.7 Å². The number of benzene rings is 1. The molecule has 0 spiro atoms. The largest absolute Gasteiger partial charge is 0.481 e. The number of nitrogens with two attached hydrogens (primary N) is 1. The summed E-state index contributed by atoms with van der Waals surface area (Å²) in [4.78, 5) is 10.3. The molecule has 4 N–H and O–H groups in total. The standard InChI is InChI=1S/C12H17FN2O4S/c1-8(12(16)17)3-2-6-15-11-5-4-9(7-10(11)13)20(14,18)19/h4-5,7-8,15H,2-3,6H2,1H3,(H,16,17)(H2,14,18,19). The van der Waals surface area contributed by atoms with Gasteiger partial charge < -0.3 is 10.4 Å². The molecular formula is C12H17FN2O4S. The Morgan fingerprint density at radius 3 is 2.65 bits per heavy atom. The van der Waals surface area contributed by atoms with Crippen LogP contribution in [0.2, 0.25) is 0 Å². The van der Waals surface area contributed by atoms with E-state index in [9.17, 15) is 17.6 Å². The van der Waals surface area contributed by atoms with Crippen LogP contribution in [0.25, 0.3) is 0 Å². The Balaban J connectivity index is 2.56. The molecule has 1 aromatic carbocycles. The van der Waals surface area contributed by atoms with E-state index in [1.165, 1.54) is 12.1 Å². The lowest BCUT2D eigenvalue weighted by molar-refractivity contribution is -0.141. The number of sulfonamides is 1. The van der Waals surface area contributed by atoms with E-state index in [0.29, 0.717) is 19.4 Å². The molecule has 112 valence electrons. The summed E-state index contributed by atoms with van der Waals surface area (Å²) in [6, 6.07) is 3.34. The first kappa shape index (κ1) is 16.4. The van der Waals surface area contributed by atoms with E-state index >= 15 is 0 Å². The highest BCUT2D eigenvalue weighted by molar-refractivity contribution is 7.89. The average Bonchev–Trinajstić information content (AvgIpc) is 2.34. The molecule has 0 aromatic heterocycles. The molecule has 0 aliphatic heterocycles. The van der Waals surface area contributed by atoms with Crippen LogP contribution in [0.1, 0.15) is 19.8 Å². The fraction of sp³-hybridized carbons (Fsp3) is 0.417. The normalized spacial score (nSPS) is 12.9. The third kappa shape index (κ3) is 4.78. The van der Waals surface area contributed by atoms with E-state index in [1.54, 1.807) is 6.92 Å². The summed E-state index contributed by atoms with van der Waals surface area (Å²) in [5, 5.41) is 16.4. The molecule has 0 saturated carbocycles. The molecule has 1 unspecified atom stereocenters. The molecule has 20 heavy (non-hydrogen) atoms. The number of hydrogen-bond donors (Lipinski definition) is 3. The van der Waals surface area contributed by atoms with Gasteiger partial charge in [-0.05, 0) is 31.0 Å². The van der Waals surface area contributed by atoms with Crippen LogP contribution in [0.4, 0.5) is 10.1 Å². The number of anilines is 1. The molecule has 1 rings (SSSR count).